The molecular weight excluding hydrogens is 243 g/mol. The number of benzene rings is 1. The molecule has 0 spiro atoms. The van der Waals surface area contributed by atoms with E-state index in [9.17, 15) is 5.11 Å². The van der Waals surface area contributed by atoms with Gasteiger partial charge in [0, 0.05) is 10.0 Å². The van der Waals surface area contributed by atoms with E-state index in [-0.39, 0.29) is 12.0 Å². The Kier molecular flexibility index (Phi) is 5.10. The maximum atomic E-state index is 9.73. The molecule has 0 radical (unpaired) electrons. The second-order valence-corrected chi connectivity index (χ2v) is 5.43. The van der Waals surface area contributed by atoms with E-state index < -0.39 is 0 Å². The Labute approximate surface area is 107 Å². The van der Waals surface area contributed by atoms with Crippen LogP contribution in [0.25, 0.3) is 0 Å². The Morgan fingerprint density at radius 1 is 1.19 bits per heavy atom. The zero-order valence-corrected chi connectivity index (χ0v) is 11.4. The van der Waals surface area contributed by atoms with Crippen molar-refractivity contribution in [1.29, 1.82) is 0 Å². The molecule has 1 aromatic rings. The predicted molar refractivity (Wildman–Crippen MR) is 70.2 cm³/mol. The molecule has 2 atom stereocenters. The topological polar surface area (TPSA) is 20.2 Å². The highest BCUT2D eigenvalue weighted by atomic mass is 35.5. The van der Waals surface area contributed by atoms with Crippen LogP contribution in [0.15, 0.2) is 18.2 Å². The third-order valence-corrected chi connectivity index (χ3v) is 3.54. The minimum absolute atomic E-state index is 0.205. The van der Waals surface area contributed by atoms with Crippen LogP contribution in [-0.2, 0) is 6.42 Å². The van der Waals surface area contributed by atoms with Gasteiger partial charge in [-0.1, -0.05) is 37.0 Å². The van der Waals surface area contributed by atoms with Gasteiger partial charge in [-0.2, -0.15) is 0 Å². The SMILES string of the molecule is CC(C)C(Cc1cc(Cl)ccc1Cl)C(C)O. The Bertz CT molecular complexity index is 340. The van der Waals surface area contributed by atoms with Gasteiger partial charge in [0.05, 0.1) is 6.10 Å². The van der Waals surface area contributed by atoms with E-state index in [2.05, 4.69) is 13.8 Å². The molecule has 90 valence electrons. The smallest absolute Gasteiger partial charge is 0.0545 e. The van der Waals surface area contributed by atoms with E-state index in [1.54, 1.807) is 12.1 Å². The third kappa shape index (κ3) is 3.65. The average molecular weight is 261 g/mol. The molecule has 3 heteroatoms. The highest BCUT2D eigenvalue weighted by molar-refractivity contribution is 6.33. The van der Waals surface area contributed by atoms with Crippen molar-refractivity contribution in [3.63, 3.8) is 0 Å². The Balaban J connectivity index is 2.89. The molecule has 2 unspecified atom stereocenters. The van der Waals surface area contributed by atoms with Gasteiger partial charge in [-0.05, 0) is 48.9 Å². The summed E-state index contributed by atoms with van der Waals surface area (Å²) in [6.45, 7) is 6.04. The van der Waals surface area contributed by atoms with Crippen molar-refractivity contribution < 1.29 is 5.11 Å². The first-order chi connectivity index (χ1) is 7.41. The second-order valence-electron chi connectivity index (χ2n) is 4.59. The number of halogens is 2. The van der Waals surface area contributed by atoms with Crippen molar-refractivity contribution in [3.8, 4) is 0 Å². The van der Waals surface area contributed by atoms with E-state index in [0.29, 0.717) is 10.9 Å². The third-order valence-electron chi connectivity index (χ3n) is 2.94. The molecule has 0 aromatic heterocycles. The summed E-state index contributed by atoms with van der Waals surface area (Å²) < 4.78 is 0. The Hall–Kier alpha value is -0.240. The molecule has 0 aliphatic rings. The first-order valence-corrected chi connectivity index (χ1v) is 6.29. The van der Waals surface area contributed by atoms with Crippen LogP contribution in [0.2, 0.25) is 10.0 Å². The zero-order chi connectivity index (χ0) is 12.3. The number of aliphatic hydroxyl groups excluding tert-OH is 1. The van der Waals surface area contributed by atoms with E-state index >= 15 is 0 Å². The molecule has 1 aromatic carbocycles. The van der Waals surface area contributed by atoms with Gasteiger partial charge in [-0.25, -0.2) is 0 Å². The largest absolute Gasteiger partial charge is 0.393 e. The quantitative estimate of drug-likeness (QED) is 0.861. The van der Waals surface area contributed by atoms with E-state index in [4.69, 9.17) is 23.2 Å². The second kappa shape index (κ2) is 5.90. The molecule has 0 aliphatic carbocycles. The Morgan fingerprint density at radius 3 is 2.31 bits per heavy atom. The van der Waals surface area contributed by atoms with Crippen LogP contribution in [0.1, 0.15) is 26.3 Å². The molecule has 0 fully saturated rings. The fourth-order valence-electron chi connectivity index (χ4n) is 1.92. The lowest BCUT2D eigenvalue weighted by atomic mass is 9.85. The van der Waals surface area contributed by atoms with Crippen molar-refractivity contribution >= 4 is 23.2 Å². The minimum atomic E-state index is -0.338. The summed E-state index contributed by atoms with van der Waals surface area (Å²) >= 11 is 12.0. The van der Waals surface area contributed by atoms with Gasteiger partial charge in [0.2, 0.25) is 0 Å². The van der Waals surface area contributed by atoms with Gasteiger partial charge in [-0.15, -0.1) is 0 Å². The summed E-state index contributed by atoms with van der Waals surface area (Å²) in [7, 11) is 0. The van der Waals surface area contributed by atoms with Gasteiger partial charge in [0.1, 0.15) is 0 Å². The number of hydrogen-bond donors (Lipinski definition) is 1. The maximum absolute atomic E-state index is 9.73. The monoisotopic (exact) mass is 260 g/mol. The molecule has 0 bridgehead atoms. The summed E-state index contributed by atoms with van der Waals surface area (Å²) in [5.41, 5.74) is 1.01. The maximum Gasteiger partial charge on any atom is 0.0545 e. The predicted octanol–water partition coefficient (Wildman–Crippen LogP) is 4.19. The molecule has 0 saturated heterocycles. The Morgan fingerprint density at radius 2 is 1.81 bits per heavy atom. The normalized spacial score (nSPS) is 15.2. The van der Waals surface area contributed by atoms with Crippen LogP contribution in [0.4, 0.5) is 0 Å². The van der Waals surface area contributed by atoms with Gasteiger partial charge in [-0.3, -0.25) is 0 Å². The van der Waals surface area contributed by atoms with Crippen molar-refractivity contribution in [2.24, 2.45) is 11.8 Å². The zero-order valence-electron chi connectivity index (χ0n) is 9.87. The van der Waals surface area contributed by atoms with Gasteiger partial charge in [0.25, 0.3) is 0 Å². The van der Waals surface area contributed by atoms with E-state index in [0.717, 1.165) is 17.0 Å². The fraction of sp³-hybridized carbons (Fsp3) is 0.538. The van der Waals surface area contributed by atoms with Crippen LogP contribution in [0.3, 0.4) is 0 Å². The molecule has 1 nitrogen and oxygen atoms in total. The summed E-state index contributed by atoms with van der Waals surface area (Å²) in [4.78, 5) is 0. The number of rotatable bonds is 4. The van der Waals surface area contributed by atoms with Gasteiger partial charge < -0.3 is 5.11 Å². The minimum Gasteiger partial charge on any atom is -0.393 e. The van der Waals surface area contributed by atoms with Crippen LogP contribution in [0, 0.1) is 11.8 Å². The average Bonchev–Trinajstić information content (AvgIpc) is 2.18. The van der Waals surface area contributed by atoms with Crippen molar-refractivity contribution in [1.82, 2.24) is 0 Å². The van der Waals surface area contributed by atoms with Crippen LogP contribution >= 0.6 is 23.2 Å². The van der Waals surface area contributed by atoms with Crippen molar-refractivity contribution in [2.75, 3.05) is 0 Å². The number of aliphatic hydroxyl groups is 1. The molecule has 0 saturated carbocycles. The number of hydrogen-bond acceptors (Lipinski definition) is 1. The van der Waals surface area contributed by atoms with Crippen LogP contribution < -0.4 is 0 Å². The highest BCUT2D eigenvalue weighted by Crippen LogP contribution is 2.27. The lowest BCUT2D eigenvalue weighted by molar-refractivity contribution is 0.0977. The van der Waals surface area contributed by atoms with Gasteiger partial charge in [0.15, 0.2) is 0 Å². The molecule has 1 rings (SSSR count). The summed E-state index contributed by atoms with van der Waals surface area (Å²) in [5, 5.41) is 11.1. The van der Waals surface area contributed by atoms with Crippen molar-refractivity contribution in [2.45, 2.75) is 33.3 Å². The van der Waals surface area contributed by atoms with Gasteiger partial charge >= 0.3 is 0 Å². The highest BCUT2D eigenvalue weighted by Gasteiger charge is 2.20. The molecule has 0 heterocycles. The van der Waals surface area contributed by atoms with E-state index in [1.165, 1.54) is 0 Å². The molecule has 16 heavy (non-hydrogen) atoms. The first kappa shape index (κ1) is 13.8. The first-order valence-electron chi connectivity index (χ1n) is 5.53. The molecule has 0 amide bonds. The lowest BCUT2D eigenvalue weighted by Gasteiger charge is -2.24. The molecule has 0 aliphatic heterocycles. The summed E-state index contributed by atoms with van der Waals surface area (Å²) in [6.07, 6.45) is 0.421. The molecule has 1 N–H and O–H groups in total. The molecular formula is C13H18Cl2O. The fourth-order valence-corrected chi connectivity index (χ4v) is 2.31. The summed E-state index contributed by atoms with van der Waals surface area (Å²) in [6, 6.07) is 5.46. The van der Waals surface area contributed by atoms with Crippen LogP contribution in [-0.4, -0.2) is 11.2 Å². The van der Waals surface area contributed by atoms with Crippen LogP contribution in [0.5, 0.6) is 0 Å². The lowest BCUT2D eigenvalue weighted by Crippen LogP contribution is -2.24. The summed E-state index contributed by atoms with van der Waals surface area (Å²) in [5.74, 6) is 0.617. The van der Waals surface area contributed by atoms with E-state index in [1.807, 2.05) is 13.0 Å². The standard InChI is InChI=1S/C13H18Cl2O/c1-8(2)12(9(3)16)7-10-6-11(14)4-5-13(10)15/h4-6,8-9,12,16H,7H2,1-3H3. The van der Waals surface area contributed by atoms with Crippen molar-refractivity contribution in [3.05, 3.63) is 33.8 Å².